The molecule has 0 saturated carbocycles. The first kappa shape index (κ1) is 9.52. The standard InChI is InChI=1S/C12H11NO2/c1-9-7-13(8-11(9)12(14)15)10-5-3-2-4-6-10/h2-8H,1H3,(H,14,15). The van der Waals surface area contributed by atoms with E-state index in [0.717, 1.165) is 11.3 Å². The van der Waals surface area contributed by atoms with Gasteiger partial charge in [0.2, 0.25) is 0 Å². The topological polar surface area (TPSA) is 42.2 Å². The molecule has 0 atom stereocenters. The second-order valence-electron chi connectivity index (χ2n) is 3.40. The Labute approximate surface area is 87.6 Å². The molecule has 0 fully saturated rings. The molecule has 0 aliphatic heterocycles. The van der Waals surface area contributed by atoms with E-state index in [9.17, 15) is 4.79 Å². The summed E-state index contributed by atoms with van der Waals surface area (Å²) >= 11 is 0. The van der Waals surface area contributed by atoms with E-state index in [2.05, 4.69) is 0 Å². The Morgan fingerprint density at radius 2 is 1.87 bits per heavy atom. The first-order chi connectivity index (χ1) is 7.18. The monoisotopic (exact) mass is 201 g/mol. The average molecular weight is 201 g/mol. The maximum atomic E-state index is 10.9. The molecule has 1 aromatic heterocycles. The van der Waals surface area contributed by atoms with Crippen LogP contribution in [0.5, 0.6) is 0 Å². The largest absolute Gasteiger partial charge is 0.478 e. The van der Waals surface area contributed by atoms with Crippen molar-refractivity contribution in [2.75, 3.05) is 0 Å². The first-order valence-electron chi connectivity index (χ1n) is 4.66. The summed E-state index contributed by atoms with van der Waals surface area (Å²) < 4.78 is 1.82. The summed E-state index contributed by atoms with van der Waals surface area (Å²) in [6.45, 7) is 1.79. The summed E-state index contributed by atoms with van der Waals surface area (Å²) in [6.07, 6.45) is 3.45. The van der Waals surface area contributed by atoms with E-state index < -0.39 is 5.97 Å². The Hall–Kier alpha value is -2.03. The molecule has 0 saturated heterocycles. The molecule has 3 heteroatoms. The van der Waals surface area contributed by atoms with Gasteiger partial charge in [-0.3, -0.25) is 0 Å². The molecule has 0 bridgehead atoms. The molecule has 0 unspecified atom stereocenters. The van der Waals surface area contributed by atoms with Crippen molar-refractivity contribution in [3.05, 3.63) is 53.9 Å². The molecule has 0 aliphatic carbocycles. The van der Waals surface area contributed by atoms with Crippen LogP contribution in [0.3, 0.4) is 0 Å². The number of aryl methyl sites for hydroxylation is 1. The van der Waals surface area contributed by atoms with Gasteiger partial charge < -0.3 is 9.67 Å². The van der Waals surface area contributed by atoms with Crippen LogP contribution in [0.2, 0.25) is 0 Å². The molecular weight excluding hydrogens is 190 g/mol. The zero-order valence-corrected chi connectivity index (χ0v) is 8.34. The van der Waals surface area contributed by atoms with Gasteiger partial charge in [0.25, 0.3) is 0 Å². The zero-order chi connectivity index (χ0) is 10.8. The van der Waals surface area contributed by atoms with E-state index >= 15 is 0 Å². The number of nitrogens with zero attached hydrogens (tertiary/aromatic N) is 1. The Morgan fingerprint density at radius 3 is 2.40 bits per heavy atom. The summed E-state index contributed by atoms with van der Waals surface area (Å²) in [5.74, 6) is -0.887. The van der Waals surface area contributed by atoms with Gasteiger partial charge in [0.1, 0.15) is 0 Å². The van der Waals surface area contributed by atoms with Gasteiger partial charge in [0.05, 0.1) is 5.56 Å². The van der Waals surface area contributed by atoms with Crippen LogP contribution in [0, 0.1) is 6.92 Å². The molecule has 0 amide bonds. The molecule has 1 aromatic carbocycles. The van der Waals surface area contributed by atoms with E-state index in [1.807, 2.05) is 41.1 Å². The summed E-state index contributed by atoms with van der Waals surface area (Å²) in [5.41, 5.74) is 2.08. The Bertz CT molecular complexity index is 486. The molecule has 0 radical (unpaired) electrons. The number of carboxylic acid groups (broad SMARTS) is 1. The third-order valence-electron chi connectivity index (χ3n) is 2.31. The Morgan fingerprint density at radius 1 is 1.20 bits per heavy atom. The van der Waals surface area contributed by atoms with Gasteiger partial charge in [-0.15, -0.1) is 0 Å². The van der Waals surface area contributed by atoms with E-state index in [1.54, 1.807) is 13.1 Å². The molecule has 1 N–H and O–H groups in total. The molecular formula is C12H11NO2. The maximum absolute atomic E-state index is 10.9. The molecule has 2 rings (SSSR count). The van der Waals surface area contributed by atoms with Crippen molar-refractivity contribution in [1.82, 2.24) is 4.57 Å². The molecule has 0 aliphatic rings. The average Bonchev–Trinajstić information content (AvgIpc) is 2.62. The predicted molar refractivity (Wildman–Crippen MR) is 57.5 cm³/mol. The lowest BCUT2D eigenvalue weighted by Crippen LogP contribution is -1.95. The van der Waals surface area contributed by atoms with Crippen molar-refractivity contribution in [3.63, 3.8) is 0 Å². The van der Waals surface area contributed by atoms with Crippen LogP contribution in [-0.2, 0) is 0 Å². The molecule has 3 nitrogen and oxygen atoms in total. The third-order valence-corrected chi connectivity index (χ3v) is 2.31. The fourth-order valence-electron chi connectivity index (χ4n) is 1.53. The zero-order valence-electron chi connectivity index (χ0n) is 8.34. The highest BCUT2D eigenvalue weighted by molar-refractivity contribution is 5.89. The van der Waals surface area contributed by atoms with E-state index in [4.69, 9.17) is 5.11 Å². The Kier molecular flexibility index (Phi) is 2.29. The summed E-state index contributed by atoms with van der Waals surface area (Å²) in [5, 5.41) is 8.91. The normalized spacial score (nSPS) is 10.2. The number of aromatic carboxylic acids is 1. The molecule has 15 heavy (non-hydrogen) atoms. The lowest BCUT2D eigenvalue weighted by molar-refractivity contribution is 0.0696. The molecule has 76 valence electrons. The second kappa shape index (κ2) is 3.61. The second-order valence-corrected chi connectivity index (χ2v) is 3.40. The highest BCUT2D eigenvalue weighted by atomic mass is 16.4. The van der Waals surface area contributed by atoms with Crippen molar-refractivity contribution >= 4 is 5.97 Å². The Balaban J connectivity index is 2.48. The number of para-hydroxylation sites is 1. The highest BCUT2D eigenvalue weighted by Gasteiger charge is 2.10. The quantitative estimate of drug-likeness (QED) is 0.811. The fourth-order valence-corrected chi connectivity index (χ4v) is 1.53. The van der Waals surface area contributed by atoms with E-state index in [0.29, 0.717) is 5.56 Å². The van der Waals surface area contributed by atoms with Crippen LogP contribution in [-0.4, -0.2) is 15.6 Å². The minimum atomic E-state index is -0.887. The van der Waals surface area contributed by atoms with Crippen LogP contribution in [0.15, 0.2) is 42.7 Å². The summed E-state index contributed by atoms with van der Waals surface area (Å²) in [6, 6.07) is 9.64. The van der Waals surface area contributed by atoms with Gasteiger partial charge in [-0.25, -0.2) is 4.79 Å². The number of hydrogen-bond donors (Lipinski definition) is 1. The molecule has 2 aromatic rings. The fraction of sp³-hybridized carbons (Fsp3) is 0.0833. The lowest BCUT2D eigenvalue weighted by Gasteiger charge is -2.00. The minimum absolute atomic E-state index is 0.346. The van der Waals surface area contributed by atoms with Crippen LogP contribution < -0.4 is 0 Å². The number of rotatable bonds is 2. The number of hydrogen-bond acceptors (Lipinski definition) is 1. The van der Waals surface area contributed by atoms with Crippen LogP contribution in [0.25, 0.3) is 5.69 Å². The van der Waals surface area contributed by atoms with Gasteiger partial charge in [0.15, 0.2) is 0 Å². The highest BCUT2D eigenvalue weighted by Crippen LogP contribution is 2.14. The van der Waals surface area contributed by atoms with Crippen molar-refractivity contribution in [1.29, 1.82) is 0 Å². The SMILES string of the molecule is Cc1cn(-c2ccccc2)cc1C(=O)O. The van der Waals surface area contributed by atoms with Gasteiger partial charge >= 0.3 is 5.97 Å². The van der Waals surface area contributed by atoms with E-state index in [-0.39, 0.29) is 0 Å². The van der Waals surface area contributed by atoms with Crippen molar-refractivity contribution in [2.24, 2.45) is 0 Å². The van der Waals surface area contributed by atoms with Gasteiger partial charge in [-0.2, -0.15) is 0 Å². The molecule has 0 spiro atoms. The van der Waals surface area contributed by atoms with Gasteiger partial charge in [0, 0.05) is 18.1 Å². The van der Waals surface area contributed by atoms with Crippen LogP contribution in [0.1, 0.15) is 15.9 Å². The van der Waals surface area contributed by atoms with Crippen molar-refractivity contribution in [3.8, 4) is 5.69 Å². The van der Waals surface area contributed by atoms with Crippen LogP contribution in [0.4, 0.5) is 0 Å². The third kappa shape index (κ3) is 1.76. The number of carboxylic acids is 1. The van der Waals surface area contributed by atoms with Crippen molar-refractivity contribution in [2.45, 2.75) is 6.92 Å². The number of benzene rings is 1. The smallest absolute Gasteiger partial charge is 0.337 e. The number of carbonyl (C=O) groups is 1. The summed E-state index contributed by atoms with van der Waals surface area (Å²) in [7, 11) is 0. The lowest BCUT2D eigenvalue weighted by atomic mass is 10.2. The molecule has 1 heterocycles. The first-order valence-corrected chi connectivity index (χ1v) is 4.66. The summed E-state index contributed by atoms with van der Waals surface area (Å²) in [4.78, 5) is 10.9. The van der Waals surface area contributed by atoms with Crippen LogP contribution >= 0.6 is 0 Å². The predicted octanol–water partition coefficient (Wildman–Crippen LogP) is 2.48. The maximum Gasteiger partial charge on any atom is 0.337 e. The minimum Gasteiger partial charge on any atom is -0.478 e. The van der Waals surface area contributed by atoms with Gasteiger partial charge in [-0.05, 0) is 24.6 Å². The number of aromatic nitrogens is 1. The van der Waals surface area contributed by atoms with E-state index in [1.165, 1.54) is 0 Å². The van der Waals surface area contributed by atoms with Crippen molar-refractivity contribution < 1.29 is 9.90 Å². The van der Waals surface area contributed by atoms with Gasteiger partial charge in [-0.1, -0.05) is 18.2 Å².